The normalized spacial score (nSPS) is 11.8. The van der Waals surface area contributed by atoms with Gasteiger partial charge in [0.05, 0.1) is 5.92 Å². The Labute approximate surface area is 126 Å². The second kappa shape index (κ2) is 5.49. The first-order valence-corrected chi connectivity index (χ1v) is 6.67. The SMILES string of the molecule is Oc1ccccc1C(c1ccccc1O)C(Cl)(Cl)Cl. The van der Waals surface area contributed by atoms with E-state index < -0.39 is 9.71 Å². The molecule has 2 N–H and O–H groups in total. The number of para-hydroxylation sites is 2. The summed E-state index contributed by atoms with van der Waals surface area (Å²) in [6, 6.07) is 13.2. The van der Waals surface area contributed by atoms with Crippen LogP contribution in [0.3, 0.4) is 0 Å². The van der Waals surface area contributed by atoms with Gasteiger partial charge in [0.25, 0.3) is 0 Å². The number of phenols is 2. The highest BCUT2D eigenvalue weighted by Crippen LogP contribution is 2.49. The summed E-state index contributed by atoms with van der Waals surface area (Å²) < 4.78 is -1.70. The molecule has 0 aliphatic rings. The van der Waals surface area contributed by atoms with E-state index in [0.29, 0.717) is 11.1 Å². The summed E-state index contributed by atoms with van der Waals surface area (Å²) in [7, 11) is 0. The molecule has 0 spiro atoms. The molecule has 0 saturated heterocycles. The van der Waals surface area contributed by atoms with Crippen molar-refractivity contribution in [3.05, 3.63) is 59.7 Å². The zero-order valence-electron chi connectivity index (χ0n) is 9.72. The molecule has 0 amide bonds. The van der Waals surface area contributed by atoms with Gasteiger partial charge in [-0.2, -0.15) is 0 Å². The molecule has 0 fully saturated rings. The number of rotatable bonds is 2. The summed E-state index contributed by atoms with van der Waals surface area (Å²) >= 11 is 18.1. The Morgan fingerprint density at radius 2 is 1.11 bits per heavy atom. The minimum atomic E-state index is -1.70. The standard InChI is InChI=1S/C14H11Cl3O2/c15-14(16,17)13(9-5-1-3-7-11(9)18)10-6-2-4-8-12(10)19/h1-8,13,18-19H. The van der Waals surface area contributed by atoms with Gasteiger partial charge >= 0.3 is 0 Å². The van der Waals surface area contributed by atoms with Crippen LogP contribution >= 0.6 is 34.8 Å². The van der Waals surface area contributed by atoms with Crippen molar-refractivity contribution in [3.63, 3.8) is 0 Å². The molecule has 2 aromatic rings. The van der Waals surface area contributed by atoms with Gasteiger partial charge in [-0.15, -0.1) is 0 Å². The number of hydrogen-bond acceptors (Lipinski definition) is 2. The summed E-state index contributed by atoms with van der Waals surface area (Å²) in [6.07, 6.45) is 0. The average molecular weight is 318 g/mol. The molecule has 0 aliphatic carbocycles. The summed E-state index contributed by atoms with van der Waals surface area (Å²) in [5.74, 6) is -0.732. The first-order valence-electron chi connectivity index (χ1n) is 5.53. The van der Waals surface area contributed by atoms with Crippen LogP contribution in [0.2, 0.25) is 0 Å². The molecule has 0 saturated carbocycles. The second-order valence-electron chi connectivity index (χ2n) is 4.09. The van der Waals surface area contributed by atoms with Crippen molar-refractivity contribution in [2.75, 3.05) is 0 Å². The Hall–Kier alpha value is -1.09. The van der Waals surface area contributed by atoms with Crippen LogP contribution in [0.15, 0.2) is 48.5 Å². The van der Waals surface area contributed by atoms with Crippen molar-refractivity contribution in [2.45, 2.75) is 9.71 Å². The van der Waals surface area contributed by atoms with Gasteiger partial charge in [-0.25, -0.2) is 0 Å². The second-order valence-corrected chi connectivity index (χ2v) is 6.46. The Balaban J connectivity index is 2.62. The van der Waals surface area contributed by atoms with Crippen LogP contribution in [0.4, 0.5) is 0 Å². The van der Waals surface area contributed by atoms with Gasteiger partial charge in [0, 0.05) is 11.1 Å². The molecule has 0 heterocycles. The third kappa shape index (κ3) is 3.08. The number of halogens is 3. The number of benzene rings is 2. The molecular weight excluding hydrogens is 307 g/mol. The van der Waals surface area contributed by atoms with Crippen molar-refractivity contribution in [1.82, 2.24) is 0 Å². The molecule has 0 aromatic heterocycles. The van der Waals surface area contributed by atoms with Crippen molar-refractivity contribution in [1.29, 1.82) is 0 Å². The van der Waals surface area contributed by atoms with E-state index in [-0.39, 0.29) is 11.5 Å². The van der Waals surface area contributed by atoms with E-state index in [4.69, 9.17) is 34.8 Å². The van der Waals surface area contributed by atoms with Gasteiger partial charge in [0.15, 0.2) is 0 Å². The summed E-state index contributed by atoms with van der Waals surface area (Å²) in [5.41, 5.74) is 0.896. The maximum Gasteiger partial charge on any atom is 0.201 e. The smallest absolute Gasteiger partial charge is 0.201 e. The lowest BCUT2D eigenvalue weighted by molar-refractivity contribution is 0.454. The van der Waals surface area contributed by atoms with Gasteiger partial charge in [-0.3, -0.25) is 0 Å². The minimum Gasteiger partial charge on any atom is -0.508 e. The number of alkyl halides is 3. The fraction of sp³-hybridized carbons (Fsp3) is 0.143. The lowest BCUT2D eigenvalue weighted by Gasteiger charge is -2.26. The fourth-order valence-corrected chi connectivity index (χ4v) is 2.69. The summed E-state index contributed by atoms with van der Waals surface area (Å²) in [4.78, 5) is 0. The largest absolute Gasteiger partial charge is 0.508 e. The molecule has 0 radical (unpaired) electrons. The monoisotopic (exact) mass is 316 g/mol. The fourth-order valence-electron chi connectivity index (χ4n) is 1.98. The predicted molar refractivity (Wildman–Crippen MR) is 78.3 cm³/mol. The quantitative estimate of drug-likeness (QED) is 0.795. The van der Waals surface area contributed by atoms with Crippen LogP contribution in [-0.2, 0) is 0 Å². The molecule has 0 atom stereocenters. The van der Waals surface area contributed by atoms with Crippen molar-refractivity contribution < 1.29 is 10.2 Å². The molecular formula is C14H11Cl3O2. The summed E-state index contributed by atoms with van der Waals surface area (Å²) in [6.45, 7) is 0. The first kappa shape index (κ1) is 14.3. The van der Waals surface area contributed by atoms with Crippen LogP contribution in [0.25, 0.3) is 0 Å². The molecule has 5 heteroatoms. The van der Waals surface area contributed by atoms with E-state index in [0.717, 1.165) is 0 Å². The lowest BCUT2D eigenvalue weighted by Crippen LogP contribution is -2.18. The van der Waals surface area contributed by atoms with E-state index in [9.17, 15) is 10.2 Å². The average Bonchev–Trinajstić information content (AvgIpc) is 2.33. The molecule has 2 aromatic carbocycles. The Bertz CT molecular complexity index is 533. The highest BCUT2D eigenvalue weighted by Gasteiger charge is 2.38. The van der Waals surface area contributed by atoms with Gasteiger partial charge in [-0.1, -0.05) is 71.2 Å². The van der Waals surface area contributed by atoms with Crippen molar-refractivity contribution in [3.8, 4) is 11.5 Å². The van der Waals surface area contributed by atoms with E-state index in [1.165, 1.54) is 12.1 Å². The summed E-state index contributed by atoms with van der Waals surface area (Å²) in [5, 5.41) is 19.9. The maximum absolute atomic E-state index is 9.94. The minimum absolute atomic E-state index is 0.0158. The first-order chi connectivity index (χ1) is 8.91. The molecule has 19 heavy (non-hydrogen) atoms. The third-order valence-electron chi connectivity index (χ3n) is 2.82. The van der Waals surface area contributed by atoms with Crippen LogP contribution < -0.4 is 0 Å². The van der Waals surface area contributed by atoms with E-state index in [1.54, 1.807) is 36.4 Å². The molecule has 2 nitrogen and oxygen atoms in total. The van der Waals surface area contributed by atoms with Gasteiger partial charge in [0.1, 0.15) is 11.5 Å². The molecule has 0 aliphatic heterocycles. The van der Waals surface area contributed by atoms with Gasteiger partial charge < -0.3 is 10.2 Å². The van der Waals surface area contributed by atoms with Crippen LogP contribution in [-0.4, -0.2) is 14.0 Å². The molecule has 0 bridgehead atoms. The predicted octanol–water partition coefficient (Wildman–Crippen LogP) is 4.60. The van der Waals surface area contributed by atoms with E-state index >= 15 is 0 Å². The Morgan fingerprint density at radius 1 is 0.737 bits per heavy atom. The van der Waals surface area contributed by atoms with Gasteiger partial charge in [0.2, 0.25) is 3.79 Å². The third-order valence-corrected chi connectivity index (χ3v) is 3.48. The number of hydrogen-bond donors (Lipinski definition) is 2. The van der Waals surface area contributed by atoms with E-state index in [1.807, 2.05) is 0 Å². The Kier molecular flexibility index (Phi) is 4.14. The highest BCUT2D eigenvalue weighted by molar-refractivity contribution is 6.68. The Morgan fingerprint density at radius 3 is 1.42 bits per heavy atom. The van der Waals surface area contributed by atoms with Crippen LogP contribution in [0, 0.1) is 0 Å². The topological polar surface area (TPSA) is 40.5 Å². The van der Waals surface area contributed by atoms with Crippen LogP contribution in [0.1, 0.15) is 17.0 Å². The van der Waals surface area contributed by atoms with Gasteiger partial charge in [-0.05, 0) is 12.1 Å². The van der Waals surface area contributed by atoms with Crippen molar-refractivity contribution >= 4 is 34.8 Å². The van der Waals surface area contributed by atoms with Crippen molar-refractivity contribution in [2.24, 2.45) is 0 Å². The number of phenolic OH excluding ortho intramolecular Hbond substituents is 2. The zero-order chi connectivity index (χ0) is 14.0. The highest BCUT2D eigenvalue weighted by atomic mass is 35.6. The molecule has 0 unspecified atom stereocenters. The number of aromatic hydroxyl groups is 2. The van der Waals surface area contributed by atoms with Crippen LogP contribution in [0.5, 0.6) is 11.5 Å². The maximum atomic E-state index is 9.94. The zero-order valence-corrected chi connectivity index (χ0v) is 12.0. The molecule has 100 valence electrons. The van der Waals surface area contributed by atoms with E-state index in [2.05, 4.69) is 0 Å². The lowest BCUT2D eigenvalue weighted by atomic mass is 9.91. The molecule has 2 rings (SSSR count).